The standard InChI is InChI=1S/C19H19N3O/c20-9-14-10-21-19(23)15-7-4-8-17-18(15)16(14)12-22(17)11-13-5-2-1-3-6-13/h1-8,12,14H,9-11,20H2,(H,21,23). The fourth-order valence-electron chi connectivity index (χ4n) is 3.43. The summed E-state index contributed by atoms with van der Waals surface area (Å²) < 4.78 is 2.23. The Kier molecular flexibility index (Phi) is 3.39. The van der Waals surface area contributed by atoms with E-state index in [0.717, 1.165) is 23.0 Å². The maximum Gasteiger partial charge on any atom is 0.251 e. The zero-order valence-corrected chi connectivity index (χ0v) is 12.8. The van der Waals surface area contributed by atoms with Gasteiger partial charge < -0.3 is 15.6 Å². The van der Waals surface area contributed by atoms with Gasteiger partial charge in [0.15, 0.2) is 0 Å². The molecule has 0 saturated heterocycles. The largest absolute Gasteiger partial charge is 0.351 e. The molecule has 1 atom stereocenters. The third-order valence-electron chi connectivity index (χ3n) is 4.61. The van der Waals surface area contributed by atoms with Gasteiger partial charge in [0.1, 0.15) is 0 Å². The second-order valence-electron chi connectivity index (χ2n) is 6.04. The first-order valence-electron chi connectivity index (χ1n) is 7.92. The topological polar surface area (TPSA) is 60.0 Å². The first-order valence-corrected chi connectivity index (χ1v) is 7.92. The number of carbonyl (C=O) groups excluding carboxylic acids is 1. The van der Waals surface area contributed by atoms with Gasteiger partial charge in [-0.3, -0.25) is 4.79 Å². The molecule has 3 N–H and O–H groups in total. The molecule has 1 aliphatic rings. The van der Waals surface area contributed by atoms with Crippen molar-refractivity contribution in [2.45, 2.75) is 12.5 Å². The van der Waals surface area contributed by atoms with E-state index in [4.69, 9.17) is 5.73 Å². The van der Waals surface area contributed by atoms with Crippen LogP contribution in [0.5, 0.6) is 0 Å². The Bertz CT molecular complexity index is 867. The van der Waals surface area contributed by atoms with Gasteiger partial charge in [-0.15, -0.1) is 0 Å². The lowest BCUT2D eigenvalue weighted by molar-refractivity contribution is 0.0955. The van der Waals surface area contributed by atoms with Crippen LogP contribution >= 0.6 is 0 Å². The number of carbonyl (C=O) groups is 1. The predicted octanol–water partition coefficient (Wildman–Crippen LogP) is 2.48. The van der Waals surface area contributed by atoms with Crippen molar-refractivity contribution in [1.29, 1.82) is 0 Å². The zero-order chi connectivity index (χ0) is 15.8. The van der Waals surface area contributed by atoms with Crippen molar-refractivity contribution in [2.75, 3.05) is 13.1 Å². The average molecular weight is 305 g/mol. The van der Waals surface area contributed by atoms with Gasteiger partial charge in [-0.25, -0.2) is 0 Å². The van der Waals surface area contributed by atoms with E-state index in [9.17, 15) is 4.79 Å². The van der Waals surface area contributed by atoms with Crippen molar-refractivity contribution in [3.63, 3.8) is 0 Å². The third kappa shape index (κ3) is 2.32. The predicted molar refractivity (Wildman–Crippen MR) is 91.6 cm³/mol. The molecular weight excluding hydrogens is 286 g/mol. The second kappa shape index (κ2) is 5.56. The van der Waals surface area contributed by atoms with Gasteiger partial charge >= 0.3 is 0 Å². The SMILES string of the molecule is NCC1CNC(=O)c2cccc3c2c1cn3Cc1ccccc1. The van der Waals surface area contributed by atoms with Crippen LogP contribution in [0.15, 0.2) is 54.7 Å². The van der Waals surface area contributed by atoms with Crippen LogP contribution in [0.25, 0.3) is 10.9 Å². The van der Waals surface area contributed by atoms with E-state index in [1.807, 2.05) is 30.3 Å². The summed E-state index contributed by atoms with van der Waals surface area (Å²) in [4.78, 5) is 12.4. The molecule has 0 bridgehead atoms. The molecule has 0 radical (unpaired) electrons. The molecule has 23 heavy (non-hydrogen) atoms. The van der Waals surface area contributed by atoms with Gasteiger partial charge in [0.05, 0.1) is 0 Å². The first kappa shape index (κ1) is 14.0. The van der Waals surface area contributed by atoms with Crippen LogP contribution < -0.4 is 11.1 Å². The molecule has 4 rings (SSSR count). The Morgan fingerprint density at radius 3 is 2.74 bits per heavy atom. The fourth-order valence-corrected chi connectivity index (χ4v) is 3.43. The minimum absolute atomic E-state index is 0.00902. The van der Waals surface area contributed by atoms with Crippen molar-refractivity contribution in [3.05, 3.63) is 71.4 Å². The van der Waals surface area contributed by atoms with E-state index >= 15 is 0 Å². The highest BCUT2D eigenvalue weighted by molar-refractivity contribution is 6.08. The third-order valence-corrected chi connectivity index (χ3v) is 4.61. The van der Waals surface area contributed by atoms with Crippen molar-refractivity contribution in [1.82, 2.24) is 9.88 Å². The van der Waals surface area contributed by atoms with E-state index in [1.54, 1.807) is 0 Å². The summed E-state index contributed by atoms with van der Waals surface area (Å²) in [6.45, 7) is 1.91. The van der Waals surface area contributed by atoms with E-state index in [-0.39, 0.29) is 11.8 Å². The molecule has 1 aromatic heterocycles. The molecular formula is C19H19N3O. The molecule has 1 aliphatic heterocycles. The summed E-state index contributed by atoms with van der Waals surface area (Å²) in [6, 6.07) is 16.3. The monoisotopic (exact) mass is 305 g/mol. The number of rotatable bonds is 3. The zero-order valence-electron chi connectivity index (χ0n) is 12.8. The Morgan fingerprint density at radius 1 is 1.13 bits per heavy atom. The quantitative estimate of drug-likeness (QED) is 0.781. The van der Waals surface area contributed by atoms with Crippen molar-refractivity contribution in [3.8, 4) is 0 Å². The van der Waals surface area contributed by atoms with Crippen LogP contribution in [0.1, 0.15) is 27.4 Å². The Balaban J connectivity index is 1.91. The molecule has 1 amide bonds. The van der Waals surface area contributed by atoms with Crippen LogP contribution in [0.3, 0.4) is 0 Å². The Labute approximate surface area is 134 Å². The fraction of sp³-hybridized carbons (Fsp3) is 0.211. The van der Waals surface area contributed by atoms with E-state index in [1.165, 1.54) is 11.1 Å². The Morgan fingerprint density at radius 2 is 1.96 bits per heavy atom. The minimum Gasteiger partial charge on any atom is -0.351 e. The highest BCUT2D eigenvalue weighted by Gasteiger charge is 2.25. The molecule has 0 fully saturated rings. The molecule has 3 aromatic rings. The number of aromatic nitrogens is 1. The van der Waals surface area contributed by atoms with Gasteiger partial charge in [-0.1, -0.05) is 36.4 Å². The lowest BCUT2D eigenvalue weighted by Gasteiger charge is -2.12. The average Bonchev–Trinajstić information content (AvgIpc) is 2.88. The maximum absolute atomic E-state index is 12.4. The van der Waals surface area contributed by atoms with E-state index in [0.29, 0.717) is 13.1 Å². The summed E-state index contributed by atoms with van der Waals surface area (Å²) >= 11 is 0. The Hall–Kier alpha value is -2.59. The number of hydrogen-bond donors (Lipinski definition) is 2. The second-order valence-corrected chi connectivity index (χ2v) is 6.04. The van der Waals surface area contributed by atoms with Crippen LogP contribution in [0.2, 0.25) is 0 Å². The van der Waals surface area contributed by atoms with Gasteiger partial charge in [-0.05, 0) is 23.3 Å². The van der Waals surface area contributed by atoms with Crippen LogP contribution in [0, 0.1) is 0 Å². The first-order chi connectivity index (χ1) is 11.3. The molecule has 2 aromatic carbocycles. The lowest BCUT2D eigenvalue weighted by Crippen LogP contribution is -2.29. The summed E-state index contributed by atoms with van der Waals surface area (Å²) in [5.41, 5.74) is 10.2. The number of amides is 1. The summed E-state index contributed by atoms with van der Waals surface area (Å²) in [7, 11) is 0. The van der Waals surface area contributed by atoms with Gasteiger partial charge in [0, 0.05) is 48.2 Å². The number of nitrogens with zero attached hydrogens (tertiary/aromatic N) is 1. The van der Waals surface area contributed by atoms with Gasteiger partial charge in [-0.2, -0.15) is 0 Å². The summed E-state index contributed by atoms with van der Waals surface area (Å²) in [5.74, 6) is 0.146. The van der Waals surface area contributed by atoms with Crippen LogP contribution in [-0.4, -0.2) is 23.6 Å². The molecule has 2 heterocycles. The molecule has 0 aliphatic carbocycles. The number of nitrogens with two attached hydrogens (primary N) is 1. The minimum atomic E-state index is -0.00902. The maximum atomic E-state index is 12.4. The number of benzene rings is 2. The molecule has 1 unspecified atom stereocenters. The molecule has 4 nitrogen and oxygen atoms in total. The van der Waals surface area contributed by atoms with Crippen LogP contribution in [0.4, 0.5) is 0 Å². The normalized spacial score (nSPS) is 17.1. The van der Waals surface area contributed by atoms with Crippen molar-refractivity contribution >= 4 is 16.8 Å². The van der Waals surface area contributed by atoms with Crippen LogP contribution in [-0.2, 0) is 6.54 Å². The van der Waals surface area contributed by atoms with Crippen molar-refractivity contribution < 1.29 is 4.79 Å². The van der Waals surface area contributed by atoms with E-state index < -0.39 is 0 Å². The van der Waals surface area contributed by atoms with Gasteiger partial charge in [0.2, 0.25) is 0 Å². The molecule has 4 heteroatoms. The molecule has 116 valence electrons. The van der Waals surface area contributed by atoms with E-state index in [2.05, 4.69) is 34.3 Å². The molecule has 0 saturated carbocycles. The highest BCUT2D eigenvalue weighted by Crippen LogP contribution is 2.32. The van der Waals surface area contributed by atoms with Gasteiger partial charge in [0.25, 0.3) is 5.91 Å². The highest BCUT2D eigenvalue weighted by atomic mass is 16.1. The summed E-state index contributed by atoms with van der Waals surface area (Å²) in [6.07, 6.45) is 2.17. The summed E-state index contributed by atoms with van der Waals surface area (Å²) in [5, 5.41) is 4.03. The lowest BCUT2D eigenvalue weighted by atomic mass is 9.98. The smallest absolute Gasteiger partial charge is 0.251 e. The van der Waals surface area contributed by atoms with Crippen molar-refractivity contribution in [2.24, 2.45) is 5.73 Å². The number of nitrogens with one attached hydrogen (secondary N) is 1. The number of hydrogen-bond acceptors (Lipinski definition) is 2. The molecule has 0 spiro atoms.